The number of carbonyl (C=O) groups is 2. The first-order valence-corrected chi connectivity index (χ1v) is 9.71. The van der Waals surface area contributed by atoms with E-state index in [1.807, 2.05) is 47.4 Å². The van der Waals surface area contributed by atoms with Gasteiger partial charge in [-0.1, -0.05) is 30.3 Å². The lowest BCUT2D eigenvalue weighted by Crippen LogP contribution is -2.27. The molecular weight excluding hydrogens is 364 g/mol. The minimum absolute atomic E-state index is 0.0620. The first-order chi connectivity index (χ1) is 14.1. The van der Waals surface area contributed by atoms with E-state index in [9.17, 15) is 9.59 Å². The predicted octanol–water partition coefficient (Wildman–Crippen LogP) is 3.94. The number of nitrogens with zero attached hydrogens (tertiary/aromatic N) is 3. The summed E-state index contributed by atoms with van der Waals surface area (Å²) in [7, 11) is 0. The van der Waals surface area contributed by atoms with Gasteiger partial charge in [0.25, 0.3) is 11.8 Å². The fourth-order valence-corrected chi connectivity index (χ4v) is 3.40. The number of rotatable bonds is 4. The molecule has 0 unspecified atom stereocenters. The molecule has 6 nitrogen and oxygen atoms in total. The van der Waals surface area contributed by atoms with Crippen molar-refractivity contribution < 1.29 is 9.59 Å². The largest absolute Gasteiger partial charge is 0.339 e. The Balaban J connectivity index is 1.55. The number of hydrogen-bond acceptors (Lipinski definition) is 4. The maximum atomic E-state index is 12.6. The summed E-state index contributed by atoms with van der Waals surface area (Å²) < 4.78 is 0. The Morgan fingerprint density at radius 1 is 0.966 bits per heavy atom. The van der Waals surface area contributed by atoms with E-state index in [-0.39, 0.29) is 17.5 Å². The van der Waals surface area contributed by atoms with Crippen LogP contribution in [-0.2, 0) is 0 Å². The zero-order valence-electron chi connectivity index (χ0n) is 16.3. The smallest absolute Gasteiger partial charge is 0.276 e. The van der Waals surface area contributed by atoms with E-state index in [1.165, 1.54) is 0 Å². The Hall–Kier alpha value is -3.54. The third-order valence-electron chi connectivity index (χ3n) is 5.02. The van der Waals surface area contributed by atoms with E-state index in [0.717, 1.165) is 31.5 Å². The number of likely N-dealkylation sites (tertiary alicyclic amines) is 1. The van der Waals surface area contributed by atoms with Gasteiger partial charge >= 0.3 is 0 Å². The highest BCUT2D eigenvalue weighted by atomic mass is 16.2. The minimum atomic E-state index is -0.302. The molecule has 0 bridgehead atoms. The van der Waals surface area contributed by atoms with Crippen molar-refractivity contribution in [2.75, 3.05) is 18.4 Å². The van der Waals surface area contributed by atoms with E-state index in [1.54, 1.807) is 25.3 Å². The molecule has 6 heteroatoms. The van der Waals surface area contributed by atoms with Crippen molar-refractivity contribution in [3.63, 3.8) is 0 Å². The molecule has 1 aromatic heterocycles. The van der Waals surface area contributed by atoms with Crippen molar-refractivity contribution in [1.29, 1.82) is 0 Å². The number of aryl methyl sites for hydroxylation is 1. The number of carbonyl (C=O) groups excluding carboxylic acids is 2. The van der Waals surface area contributed by atoms with Gasteiger partial charge < -0.3 is 10.2 Å². The number of hydrogen-bond donors (Lipinski definition) is 1. The molecule has 2 amide bonds. The van der Waals surface area contributed by atoms with Crippen molar-refractivity contribution in [3.05, 3.63) is 77.7 Å². The standard InChI is InChI=1S/C23H22N4O2/c1-16-21(22(28)25-19-7-3-2-4-8-19)26-20(15-24-16)17-9-11-18(12-10-17)23(29)27-13-5-6-14-27/h2-4,7-12,15H,5-6,13-14H2,1H3,(H,25,28). The van der Waals surface area contributed by atoms with E-state index in [4.69, 9.17) is 0 Å². The maximum Gasteiger partial charge on any atom is 0.276 e. The molecule has 29 heavy (non-hydrogen) atoms. The Bertz CT molecular complexity index is 1030. The first-order valence-electron chi connectivity index (χ1n) is 9.71. The average Bonchev–Trinajstić information content (AvgIpc) is 3.29. The summed E-state index contributed by atoms with van der Waals surface area (Å²) in [4.78, 5) is 35.9. The second-order valence-electron chi connectivity index (χ2n) is 7.09. The van der Waals surface area contributed by atoms with Crippen LogP contribution in [0.1, 0.15) is 39.4 Å². The predicted molar refractivity (Wildman–Crippen MR) is 112 cm³/mol. The second-order valence-corrected chi connectivity index (χ2v) is 7.09. The molecule has 1 fully saturated rings. The molecular formula is C23H22N4O2. The quantitative estimate of drug-likeness (QED) is 0.737. The van der Waals surface area contributed by atoms with Crippen LogP contribution in [0.4, 0.5) is 5.69 Å². The van der Waals surface area contributed by atoms with E-state index >= 15 is 0 Å². The average molecular weight is 386 g/mol. The SMILES string of the molecule is Cc1ncc(-c2ccc(C(=O)N3CCCC3)cc2)nc1C(=O)Nc1ccccc1. The number of para-hydroxylation sites is 1. The molecule has 0 radical (unpaired) electrons. The Labute approximate surface area is 169 Å². The van der Waals surface area contributed by atoms with Gasteiger partial charge in [0.2, 0.25) is 0 Å². The molecule has 1 N–H and O–H groups in total. The molecule has 0 atom stereocenters. The summed E-state index contributed by atoms with van der Waals surface area (Å²) in [6, 6.07) is 16.6. The fraction of sp³-hybridized carbons (Fsp3) is 0.217. The van der Waals surface area contributed by atoms with Crippen LogP contribution < -0.4 is 5.32 Å². The van der Waals surface area contributed by atoms with Gasteiger partial charge in [-0.15, -0.1) is 0 Å². The van der Waals surface area contributed by atoms with E-state index < -0.39 is 0 Å². The number of benzene rings is 2. The summed E-state index contributed by atoms with van der Waals surface area (Å²) >= 11 is 0. The summed E-state index contributed by atoms with van der Waals surface area (Å²) in [5, 5.41) is 2.84. The van der Waals surface area contributed by atoms with Crippen LogP contribution in [-0.4, -0.2) is 39.8 Å². The van der Waals surface area contributed by atoms with Crippen LogP contribution in [0.3, 0.4) is 0 Å². The highest BCUT2D eigenvalue weighted by Crippen LogP contribution is 2.20. The van der Waals surface area contributed by atoms with Crippen molar-refractivity contribution in [2.24, 2.45) is 0 Å². The lowest BCUT2D eigenvalue weighted by molar-refractivity contribution is 0.0792. The Morgan fingerprint density at radius 2 is 1.66 bits per heavy atom. The topological polar surface area (TPSA) is 75.2 Å². The number of aromatic nitrogens is 2. The summed E-state index contributed by atoms with van der Waals surface area (Å²) in [5.74, 6) is -0.240. The maximum absolute atomic E-state index is 12.6. The first kappa shape index (κ1) is 18.8. The summed E-state index contributed by atoms with van der Waals surface area (Å²) in [6.07, 6.45) is 3.78. The molecule has 0 aliphatic carbocycles. The summed E-state index contributed by atoms with van der Waals surface area (Å²) in [6.45, 7) is 3.41. The van der Waals surface area contributed by atoms with E-state index in [0.29, 0.717) is 22.6 Å². The highest BCUT2D eigenvalue weighted by molar-refractivity contribution is 6.03. The van der Waals surface area contributed by atoms with E-state index in [2.05, 4.69) is 15.3 Å². The monoisotopic (exact) mass is 386 g/mol. The molecule has 2 heterocycles. The third kappa shape index (κ3) is 4.16. The van der Waals surface area contributed by atoms with Gasteiger partial charge in [0.05, 0.1) is 17.6 Å². The van der Waals surface area contributed by atoms with Gasteiger partial charge in [-0.25, -0.2) is 4.98 Å². The molecule has 4 rings (SSSR count). The van der Waals surface area contributed by atoms with Crippen LogP contribution in [0.25, 0.3) is 11.3 Å². The molecule has 1 aliphatic rings. The molecule has 146 valence electrons. The Kier molecular flexibility index (Phi) is 5.33. The second kappa shape index (κ2) is 8.22. The van der Waals surface area contributed by atoms with Gasteiger partial charge in [-0.2, -0.15) is 0 Å². The normalized spacial score (nSPS) is 13.3. The third-order valence-corrected chi connectivity index (χ3v) is 5.02. The lowest BCUT2D eigenvalue weighted by Gasteiger charge is -2.15. The molecule has 1 saturated heterocycles. The zero-order valence-corrected chi connectivity index (χ0v) is 16.3. The molecule has 1 aliphatic heterocycles. The van der Waals surface area contributed by atoms with Crippen molar-refractivity contribution >= 4 is 17.5 Å². The van der Waals surface area contributed by atoms with Gasteiger partial charge in [0.1, 0.15) is 5.69 Å². The Morgan fingerprint density at radius 3 is 2.34 bits per heavy atom. The summed E-state index contributed by atoms with van der Waals surface area (Å²) in [5.41, 5.74) is 3.61. The van der Waals surface area contributed by atoms with Crippen LogP contribution in [0.5, 0.6) is 0 Å². The highest BCUT2D eigenvalue weighted by Gasteiger charge is 2.19. The molecule has 2 aromatic carbocycles. The van der Waals surface area contributed by atoms with Crippen molar-refractivity contribution in [2.45, 2.75) is 19.8 Å². The van der Waals surface area contributed by atoms with Gasteiger partial charge in [-0.05, 0) is 44.0 Å². The van der Waals surface area contributed by atoms with Crippen molar-refractivity contribution in [3.8, 4) is 11.3 Å². The number of amides is 2. The van der Waals surface area contributed by atoms with Crippen LogP contribution in [0, 0.1) is 6.92 Å². The van der Waals surface area contributed by atoms with Crippen molar-refractivity contribution in [1.82, 2.24) is 14.9 Å². The van der Waals surface area contributed by atoms with Gasteiger partial charge in [0.15, 0.2) is 0 Å². The molecule has 0 spiro atoms. The van der Waals surface area contributed by atoms with Gasteiger partial charge in [0, 0.05) is 29.9 Å². The molecule has 0 saturated carbocycles. The fourth-order valence-electron chi connectivity index (χ4n) is 3.40. The minimum Gasteiger partial charge on any atom is -0.339 e. The number of anilines is 1. The van der Waals surface area contributed by atoms with Crippen LogP contribution in [0.2, 0.25) is 0 Å². The molecule has 3 aromatic rings. The van der Waals surface area contributed by atoms with Gasteiger partial charge in [-0.3, -0.25) is 14.6 Å². The number of nitrogens with one attached hydrogen (secondary N) is 1. The van der Waals surface area contributed by atoms with Crippen LogP contribution >= 0.6 is 0 Å². The zero-order chi connectivity index (χ0) is 20.2. The lowest BCUT2D eigenvalue weighted by atomic mass is 10.1. The van der Waals surface area contributed by atoms with Crippen LogP contribution in [0.15, 0.2) is 60.8 Å².